The molecule has 0 bridgehead atoms. The Morgan fingerprint density at radius 1 is 1.17 bits per heavy atom. The Morgan fingerprint density at radius 2 is 2.04 bits per heavy atom. The Labute approximate surface area is 138 Å². The second-order valence-corrected chi connectivity index (χ2v) is 7.19. The predicted octanol–water partition coefficient (Wildman–Crippen LogP) is 4.31. The highest BCUT2D eigenvalue weighted by Gasteiger charge is 2.48. The Morgan fingerprint density at radius 3 is 2.78 bits per heavy atom. The van der Waals surface area contributed by atoms with Gasteiger partial charge in [0, 0.05) is 18.0 Å². The van der Waals surface area contributed by atoms with Gasteiger partial charge in [0.15, 0.2) is 0 Å². The molecule has 2 aliphatic rings. The van der Waals surface area contributed by atoms with Gasteiger partial charge in [0.2, 0.25) is 0 Å². The molecule has 23 heavy (non-hydrogen) atoms. The molecule has 1 atom stereocenters. The van der Waals surface area contributed by atoms with Crippen molar-refractivity contribution in [2.24, 2.45) is 0 Å². The van der Waals surface area contributed by atoms with Gasteiger partial charge in [0.1, 0.15) is 5.75 Å². The lowest BCUT2D eigenvalue weighted by Gasteiger charge is -2.33. The lowest BCUT2D eigenvalue weighted by atomic mass is 9.82. The smallest absolute Gasteiger partial charge is 0.119 e. The van der Waals surface area contributed by atoms with E-state index >= 15 is 0 Å². The first-order valence-corrected chi connectivity index (χ1v) is 8.68. The zero-order valence-electron chi connectivity index (χ0n) is 14.1. The van der Waals surface area contributed by atoms with Gasteiger partial charge in [-0.3, -0.25) is 0 Å². The first kappa shape index (κ1) is 14.8. The largest absolute Gasteiger partial charge is 0.497 e. The van der Waals surface area contributed by atoms with Crippen LogP contribution in [0.1, 0.15) is 47.6 Å². The number of fused-ring (bicyclic) bond motifs is 2. The zero-order chi connectivity index (χ0) is 15.9. The summed E-state index contributed by atoms with van der Waals surface area (Å²) in [6.45, 7) is 3.28. The Hall–Kier alpha value is -1.80. The van der Waals surface area contributed by atoms with E-state index in [4.69, 9.17) is 4.74 Å². The molecule has 0 aromatic heterocycles. The van der Waals surface area contributed by atoms with Crippen LogP contribution in [0.3, 0.4) is 0 Å². The molecular formula is C21H25NO. The molecule has 1 N–H and O–H groups in total. The number of nitrogens with one attached hydrogen (secondary N) is 1. The summed E-state index contributed by atoms with van der Waals surface area (Å²) in [7, 11) is 1.76. The zero-order valence-corrected chi connectivity index (χ0v) is 14.1. The number of rotatable bonds is 4. The molecule has 2 heteroatoms. The summed E-state index contributed by atoms with van der Waals surface area (Å²) in [6.07, 6.45) is 4.90. The molecule has 1 aliphatic heterocycles. The minimum absolute atomic E-state index is 0.393. The van der Waals surface area contributed by atoms with Gasteiger partial charge in [0.25, 0.3) is 0 Å². The monoisotopic (exact) mass is 307 g/mol. The van der Waals surface area contributed by atoms with Gasteiger partial charge >= 0.3 is 0 Å². The SMILES string of the molecule is COc1ccc2c(c1)C1(CC1)CNC2CCc1cccc(C)c1. The van der Waals surface area contributed by atoms with E-state index in [1.54, 1.807) is 7.11 Å². The summed E-state index contributed by atoms with van der Waals surface area (Å²) in [6, 6.07) is 16.0. The minimum Gasteiger partial charge on any atom is -0.497 e. The van der Waals surface area contributed by atoms with E-state index in [-0.39, 0.29) is 0 Å². The summed E-state index contributed by atoms with van der Waals surface area (Å²) in [5, 5.41) is 3.81. The molecular weight excluding hydrogens is 282 g/mol. The summed E-state index contributed by atoms with van der Waals surface area (Å²) >= 11 is 0. The fraction of sp³-hybridized carbons (Fsp3) is 0.429. The third kappa shape index (κ3) is 2.76. The molecule has 4 rings (SSSR count). The average Bonchev–Trinajstić information content (AvgIpc) is 3.35. The number of hydrogen-bond acceptors (Lipinski definition) is 2. The summed E-state index contributed by atoms with van der Waals surface area (Å²) < 4.78 is 5.46. The van der Waals surface area contributed by atoms with E-state index in [0.29, 0.717) is 11.5 Å². The van der Waals surface area contributed by atoms with Crippen molar-refractivity contribution in [1.29, 1.82) is 0 Å². The van der Waals surface area contributed by atoms with Crippen molar-refractivity contribution in [3.8, 4) is 5.75 Å². The quantitative estimate of drug-likeness (QED) is 0.908. The van der Waals surface area contributed by atoms with Crippen molar-refractivity contribution in [3.05, 3.63) is 64.7 Å². The van der Waals surface area contributed by atoms with Gasteiger partial charge in [-0.15, -0.1) is 0 Å². The van der Waals surface area contributed by atoms with E-state index in [1.165, 1.54) is 35.1 Å². The van der Waals surface area contributed by atoms with E-state index in [0.717, 1.165) is 25.1 Å². The maximum atomic E-state index is 5.46. The van der Waals surface area contributed by atoms with Gasteiger partial charge in [-0.1, -0.05) is 35.9 Å². The number of methoxy groups -OCH3 is 1. The molecule has 120 valence electrons. The van der Waals surface area contributed by atoms with Crippen molar-refractivity contribution >= 4 is 0 Å². The molecule has 2 nitrogen and oxygen atoms in total. The molecule has 2 aromatic carbocycles. The Bertz CT molecular complexity index is 718. The number of hydrogen-bond donors (Lipinski definition) is 1. The lowest BCUT2D eigenvalue weighted by molar-refractivity contribution is 0.401. The summed E-state index contributed by atoms with van der Waals surface area (Å²) in [4.78, 5) is 0. The van der Waals surface area contributed by atoms with Crippen LogP contribution in [-0.4, -0.2) is 13.7 Å². The van der Waals surface area contributed by atoms with Crippen LogP contribution in [0.25, 0.3) is 0 Å². The Balaban J connectivity index is 1.57. The highest BCUT2D eigenvalue weighted by Crippen LogP contribution is 2.53. The van der Waals surface area contributed by atoms with Crippen molar-refractivity contribution < 1.29 is 4.74 Å². The van der Waals surface area contributed by atoms with Gasteiger partial charge in [-0.05, 0) is 61.4 Å². The molecule has 1 fully saturated rings. The van der Waals surface area contributed by atoms with Crippen molar-refractivity contribution in [1.82, 2.24) is 5.32 Å². The van der Waals surface area contributed by atoms with Gasteiger partial charge in [-0.25, -0.2) is 0 Å². The van der Waals surface area contributed by atoms with Crippen molar-refractivity contribution in [2.45, 2.75) is 44.1 Å². The lowest BCUT2D eigenvalue weighted by Crippen LogP contribution is -2.37. The average molecular weight is 307 g/mol. The molecule has 1 saturated carbocycles. The molecule has 1 aliphatic carbocycles. The van der Waals surface area contributed by atoms with Gasteiger partial charge in [-0.2, -0.15) is 0 Å². The number of benzene rings is 2. The maximum absolute atomic E-state index is 5.46. The molecule has 0 radical (unpaired) electrons. The summed E-state index contributed by atoms with van der Waals surface area (Å²) in [5.41, 5.74) is 6.20. The van der Waals surface area contributed by atoms with Crippen LogP contribution < -0.4 is 10.1 Å². The topological polar surface area (TPSA) is 21.3 Å². The molecule has 1 unspecified atom stereocenters. The van der Waals surface area contributed by atoms with Crippen molar-refractivity contribution in [3.63, 3.8) is 0 Å². The second kappa shape index (κ2) is 5.68. The molecule has 2 aromatic rings. The highest BCUT2D eigenvalue weighted by atomic mass is 16.5. The van der Waals surface area contributed by atoms with Crippen LogP contribution in [0.15, 0.2) is 42.5 Å². The highest BCUT2D eigenvalue weighted by molar-refractivity contribution is 5.47. The third-order valence-corrected chi connectivity index (χ3v) is 5.55. The predicted molar refractivity (Wildman–Crippen MR) is 94.1 cm³/mol. The van der Waals surface area contributed by atoms with Crippen LogP contribution in [0.5, 0.6) is 5.75 Å². The van der Waals surface area contributed by atoms with E-state index < -0.39 is 0 Å². The van der Waals surface area contributed by atoms with E-state index in [2.05, 4.69) is 54.7 Å². The molecule has 1 spiro atoms. The number of aryl methyl sites for hydroxylation is 2. The van der Waals surface area contributed by atoms with E-state index in [1.807, 2.05) is 0 Å². The van der Waals surface area contributed by atoms with Crippen LogP contribution in [0.4, 0.5) is 0 Å². The molecule has 1 heterocycles. The second-order valence-electron chi connectivity index (χ2n) is 7.19. The van der Waals surface area contributed by atoms with Gasteiger partial charge in [0.05, 0.1) is 7.11 Å². The normalized spacial score (nSPS) is 21.0. The van der Waals surface area contributed by atoms with E-state index in [9.17, 15) is 0 Å². The summed E-state index contributed by atoms with van der Waals surface area (Å²) in [5.74, 6) is 0.995. The van der Waals surface area contributed by atoms with Gasteiger partial charge < -0.3 is 10.1 Å². The first-order valence-electron chi connectivity index (χ1n) is 8.68. The van der Waals surface area contributed by atoms with Crippen LogP contribution in [-0.2, 0) is 11.8 Å². The number of ether oxygens (including phenoxy) is 1. The molecule has 0 amide bonds. The molecule has 0 saturated heterocycles. The van der Waals surface area contributed by atoms with Crippen LogP contribution in [0.2, 0.25) is 0 Å². The maximum Gasteiger partial charge on any atom is 0.119 e. The Kier molecular flexibility index (Phi) is 3.65. The van der Waals surface area contributed by atoms with Crippen molar-refractivity contribution in [2.75, 3.05) is 13.7 Å². The first-order chi connectivity index (χ1) is 11.2. The minimum atomic E-state index is 0.393. The van der Waals surface area contributed by atoms with Crippen LogP contribution in [0, 0.1) is 6.92 Å². The van der Waals surface area contributed by atoms with Crippen LogP contribution >= 0.6 is 0 Å². The fourth-order valence-electron chi connectivity index (χ4n) is 3.98. The standard InChI is InChI=1S/C21H25NO/c1-15-4-3-5-16(12-15)6-9-20-18-8-7-17(23-2)13-19(18)21(10-11-21)14-22-20/h3-5,7-8,12-13,20,22H,6,9-11,14H2,1-2H3. The third-order valence-electron chi connectivity index (χ3n) is 5.55. The fourth-order valence-corrected chi connectivity index (χ4v) is 3.98.